The molecule has 1 heterocycles. The largest absolute Gasteiger partial charge is 0.494 e. The predicted molar refractivity (Wildman–Crippen MR) is 70.5 cm³/mol. The lowest BCUT2D eigenvalue weighted by Gasteiger charge is -2.26. The monoisotopic (exact) mass is 263 g/mol. The van der Waals surface area contributed by atoms with Gasteiger partial charge in [0.25, 0.3) is 0 Å². The van der Waals surface area contributed by atoms with Gasteiger partial charge in [0.05, 0.1) is 6.61 Å². The number of ether oxygens (including phenoxy) is 1. The SMILES string of the molecule is CN1C(=O)CCc2cc(OCCCC(=O)O)ccc21. The fourth-order valence-corrected chi connectivity index (χ4v) is 2.14. The molecule has 0 fully saturated rings. The first-order valence-electron chi connectivity index (χ1n) is 6.32. The number of carboxylic acid groups (broad SMARTS) is 1. The highest BCUT2D eigenvalue weighted by Gasteiger charge is 2.20. The number of rotatable bonds is 5. The third-order valence-corrected chi connectivity index (χ3v) is 3.20. The molecule has 0 bridgehead atoms. The standard InChI is InChI=1S/C14H17NO4/c1-15-12-6-5-11(19-8-2-3-14(17)18)9-10(12)4-7-13(15)16/h5-6,9H,2-4,7-8H2,1H3,(H,17,18). The lowest BCUT2D eigenvalue weighted by molar-refractivity contribution is -0.137. The number of hydrogen-bond acceptors (Lipinski definition) is 3. The summed E-state index contributed by atoms with van der Waals surface area (Å²) in [6.07, 6.45) is 1.85. The molecule has 0 radical (unpaired) electrons. The Kier molecular flexibility index (Phi) is 4.04. The van der Waals surface area contributed by atoms with Gasteiger partial charge in [-0.25, -0.2) is 0 Å². The summed E-state index contributed by atoms with van der Waals surface area (Å²) in [6, 6.07) is 5.62. The number of benzene rings is 1. The van der Waals surface area contributed by atoms with E-state index < -0.39 is 5.97 Å². The third-order valence-electron chi connectivity index (χ3n) is 3.20. The Morgan fingerprint density at radius 2 is 2.21 bits per heavy atom. The van der Waals surface area contributed by atoms with Gasteiger partial charge < -0.3 is 14.7 Å². The molecule has 2 rings (SSSR count). The first-order valence-corrected chi connectivity index (χ1v) is 6.32. The van der Waals surface area contributed by atoms with Crippen molar-refractivity contribution in [2.45, 2.75) is 25.7 Å². The molecule has 5 nitrogen and oxygen atoms in total. The second-order valence-corrected chi connectivity index (χ2v) is 4.59. The van der Waals surface area contributed by atoms with E-state index in [-0.39, 0.29) is 12.3 Å². The minimum atomic E-state index is -0.811. The number of aryl methyl sites for hydroxylation is 1. The summed E-state index contributed by atoms with van der Waals surface area (Å²) in [6.45, 7) is 0.389. The van der Waals surface area contributed by atoms with Crippen LogP contribution in [0.25, 0.3) is 0 Å². The van der Waals surface area contributed by atoms with Gasteiger partial charge in [-0.3, -0.25) is 9.59 Å². The van der Waals surface area contributed by atoms with Crippen LogP contribution in [0, 0.1) is 0 Å². The van der Waals surface area contributed by atoms with Crippen molar-refractivity contribution in [1.29, 1.82) is 0 Å². The van der Waals surface area contributed by atoms with Gasteiger partial charge in [-0.05, 0) is 36.6 Å². The van der Waals surface area contributed by atoms with Gasteiger partial charge in [0.2, 0.25) is 5.91 Å². The van der Waals surface area contributed by atoms with Crippen LogP contribution in [0.1, 0.15) is 24.8 Å². The van der Waals surface area contributed by atoms with E-state index in [4.69, 9.17) is 9.84 Å². The van der Waals surface area contributed by atoms with Crippen LogP contribution in [0.5, 0.6) is 5.75 Å². The van der Waals surface area contributed by atoms with Crippen LogP contribution in [0.4, 0.5) is 5.69 Å². The van der Waals surface area contributed by atoms with Gasteiger partial charge in [0.15, 0.2) is 0 Å². The summed E-state index contributed by atoms with van der Waals surface area (Å²) < 4.78 is 5.52. The smallest absolute Gasteiger partial charge is 0.303 e. The number of anilines is 1. The number of fused-ring (bicyclic) bond motifs is 1. The summed E-state index contributed by atoms with van der Waals surface area (Å²) in [7, 11) is 1.77. The van der Waals surface area contributed by atoms with Crippen LogP contribution in [0.3, 0.4) is 0 Å². The normalized spacial score (nSPS) is 14.2. The summed E-state index contributed by atoms with van der Waals surface area (Å²) in [5, 5.41) is 8.53. The Hall–Kier alpha value is -2.04. The molecule has 0 saturated heterocycles. The fraction of sp³-hybridized carbons (Fsp3) is 0.429. The van der Waals surface area contributed by atoms with E-state index in [2.05, 4.69) is 0 Å². The van der Waals surface area contributed by atoms with E-state index in [0.29, 0.717) is 19.4 Å². The Morgan fingerprint density at radius 1 is 1.42 bits per heavy atom. The van der Waals surface area contributed by atoms with Gasteiger partial charge in [0, 0.05) is 25.6 Å². The van der Waals surface area contributed by atoms with Gasteiger partial charge in [-0.1, -0.05) is 0 Å². The first-order chi connectivity index (χ1) is 9.08. The molecule has 0 unspecified atom stereocenters. The maximum atomic E-state index is 11.6. The molecule has 0 atom stereocenters. The lowest BCUT2D eigenvalue weighted by atomic mass is 10.0. The molecule has 102 valence electrons. The Morgan fingerprint density at radius 3 is 2.95 bits per heavy atom. The molecular formula is C14H17NO4. The number of carboxylic acids is 1. The van der Waals surface area contributed by atoms with E-state index >= 15 is 0 Å². The first kappa shape index (κ1) is 13.4. The van der Waals surface area contributed by atoms with Crippen molar-refractivity contribution in [3.05, 3.63) is 23.8 Å². The van der Waals surface area contributed by atoms with Crippen LogP contribution in [-0.2, 0) is 16.0 Å². The van der Waals surface area contributed by atoms with Crippen LogP contribution < -0.4 is 9.64 Å². The fourth-order valence-electron chi connectivity index (χ4n) is 2.14. The molecule has 0 aromatic heterocycles. The topological polar surface area (TPSA) is 66.8 Å². The maximum absolute atomic E-state index is 11.6. The highest BCUT2D eigenvalue weighted by atomic mass is 16.5. The van der Waals surface area contributed by atoms with Gasteiger partial charge in [-0.2, -0.15) is 0 Å². The molecule has 1 aliphatic heterocycles. The Bertz CT molecular complexity index is 498. The number of carbonyl (C=O) groups is 2. The molecule has 0 spiro atoms. The van der Waals surface area contributed by atoms with E-state index in [0.717, 1.165) is 23.4 Å². The van der Waals surface area contributed by atoms with Crippen LogP contribution >= 0.6 is 0 Å². The molecule has 0 aliphatic carbocycles. The van der Waals surface area contributed by atoms with Crippen LogP contribution in [-0.4, -0.2) is 30.6 Å². The maximum Gasteiger partial charge on any atom is 0.303 e. The summed E-state index contributed by atoms with van der Waals surface area (Å²) >= 11 is 0. The van der Waals surface area contributed by atoms with E-state index in [1.165, 1.54) is 0 Å². The summed E-state index contributed by atoms with van der Waals surface area (Å²) in [5.41, 5.74) is 2.02. The predicted octanol–water partition coefficient (Wildman–Crippen LogP) is 1.84. The summed E-state index contributed by atoms with van der Waals surface area (Å²) in [5.74, 6) is 0.0451. The zero-order valence-electron chi connectivity index (χ0n) is 10.9. The van der Waals surface area contributed by atoms with Crippen LogP contribution in [0.2, 0.25) is 0 Å². The van der Waals surface area contributed by atoms with Crippen molar-refractivity contribution < 1.29 is 19.4 Å². The van der Waals surface area contributed by atoms with Gasteiger partial charge in [-0.15, -0.1) is 0 Å². The molecule has 1 aliphatic rings. The van der Waals surface area contributed by atoms with Crippen LogP contribution in [0.15, 0.2) is 18.2 Å². The third kappa shape index (κ3) is 3.24. The van der Waals surface area contributed by atoms with Crippen molar-refractivity contribution in [2.24, 2.45) is 0 Å². The van der Waals surface area contributed by atoms with Crippen molar-refractivity contribution in [2.75, 3.05) is 18.6 Å². The minimum absolute atomic E-state index is 0.113. The molecule has 1 aromatic rings. The number of aliphatic carboxylic acids is 1. The zero-order chi connectivity index (χ0) is 13.8. The molecule has 1 amide bonds. The van der Waals surface area contributed by atoms with Crippen molar-refractivity contribution in [3.63, 3.8) is 0 Å². The van der Waals surface area contributed by atoms with Gasteiger partial charge >= 0.3 is 5.97 Å². The molecule has 1 aromatic carbocycles. The molecule has 0 saturated carbocycles. The number of amides is 1. The highest BCUT2D eigenvalue weighted by molar-refractivity contribution is 5.95. The van der Waals surface area contributed by atoms with E-state index in [9.17, 15) is 9.59 Å². The second-order valence-electron chi connectivity index (χ2n) is 4.59. The molecule has 1 N–H and O–H groups in total. The Balaban J connectivity index is 1.97. The number of hydrogen-bond donors (Lipinski definition) is 1. The quantitative estimate of drug-likeness (QED) is 0.823. The number of nitrogens with zero attached hydrogens (tertiary/aromatic N) is 1. The minimum Gasteiger partial charge on any atom is -0.494 e. The average molecular weight is 263 g/mol. The zero-order valence-corrected chi connectivity index (χ0v) is 10.9. The van der Waals surface area contributed by atoms with E-state index in [1.54, 1.807) is 11.9 Å². The second kappa shape index (κ2) is 5.73. The van der Waals surface area contributed by atoms with Crippen molar-refractivity contribution >= 4 is 17.6 Å². The Labute approximate surface area is 111 Å². The molecule has 5 heteroatoms. The van der Waals surface area contributed by atoms with Crippen molar-refractivity contribution in [1.82, 2.24) is 0 Å². The van der Waals surface area contributed by atoms with Gasteiger partial charge in [0.1, 0.15) is 5.75 Å². The molecule has 19 heavy (non-hydrogen) atoms. The average Bonchev–Trinajstić information content (AvgIpc) is 2.39. The van der Waals surface area contributed by atoms with Crippen molar-refractivity contribution in [3.8, 4) is 5.75 Å². The lowest BCUT2D eigenvalue weighted by Crippen LogP contribution is -2.30. The molecular weight excluding hydrogens is 246 g/mol. The summed E-state index contributed by atoms with van der Waals surface area (Å²) in [4.78, 5) is 23.6. The highest BCUT2D eigenvalue weighted by Crippen LogP contribution is 2.30. The number of carbonyl (C=O) groups excluding carboxylic acids is 1. The van der Waals surface area contributed by atoms with E-state index in [1.807, 2.05) is 18.2 Å².